The SMILES string of the molecule is CNC(=C=O)CNCc1cnc(C(=O)Nc2cccc(-c3cccc(NC(=O)c4nc5c(n4C)CCN(C)C5)c3Cl)c2C)cc1OC. The van der Waals surface area contributed by atoms with Crippen molar-refractivity contribution in [2.24, 2.45) is 7.05 Å². The Bertz CT molecular complexity index is 1880. The largest absolute Gasteiger partial charge is 0.496 e. The van der Waals surface area contributed by atoms with Gasteiger partial charge < -0.3 is 35.5 Å². The molecule has 0 saturated heterocycles. The van der Waals surface area contributed by atoms with E-state index in [1.165, 1.54) is 7.11 Å². The molecule has 0 fully saturated rings. The minimum atomic E-state index is -0.416. The average molecular weight is 657 g/mol. The van der Waals surface area contributed by atoms with Crippen molar-refractivity contribution in [3.63, 3.8) is 0 Å². The van der Waals surface area contributed by atoms with Crippen LogP contribution in [-0.4, -0.2) is 71.5 Å². The fraction of sp³-hybridized carbons (Fsp3) is 0.294. The molecule has 2 aromatic heterocycles. The van der Waals surface area contributed by atoms with Gasteiger partial charge in [0, 0.05) is 81.5 Å². The summed E-state index contributed by atoms with van der Waals surface area (Å²) < 4.78 is 7.35. The minimum Gasteiger partial charge on any atom is -0.496 e. The number of amides is 2. The van der Waals surface area contributed by atoms with Crippen LogP contribution >= 0.6 is 11.6 Å². The van der Waals surface area contributed by atoms with Gasteiger partial charge in [-0.1, -0.05) is 35.9 Å². The number of carbonyl (C=O) groups is 2. The van der Waals surface area contributed by atoms with Crippen molar-refractivity contribution in [3.05, 3.63) is 93.4 Å². The van der Waals surface area contributed by atoms with Crippen LogP contribution in [0.2, 0.25) is 5.02 Å². The molecular formula is C34H37ClN8O4. The maximum absolute atomic E-state index is 13.3. The maximum atomic E-state index is 13.3. The summed E-state index contributed by atoms with van der Waals surface area (Å²) in [6, 6.07) is 12.5. The Morgan fingerprint density at radius 3 is 2.51 bits per heavy atom. The lowest BCUT2D eigenvalue weighted by molar-refractivity contribution is 0.100. The highest BCUT2D eigenvalue weighted by molar-refractivity contribution is 6.36. The first-order valence-electron chi connectivity index (χ1n) is 15.0. The Kier molecular flexibility index (Phi) is 10.4. The quantitative estimate of drug-likeness (QED) is 0.176. The van der Waals surface area contributed by atoms with E-state index in [1.807, 2.05) is 55.8 Å². The van der Waals surface area contributed by atoms with E-state index in [1.54, 1.807) is 31.4 Å². The molecule has 0 bridgehead atoms. The number of hydrogen-bond donors (Lipinski definition) is 4. The lowest BCUT2D eigenvalue weighted by atomic mass is 9.98. The summed E-state index contributed by atoms with van der Waals surface area (Å²) in [6.45, 7) is 4.16. The molecule has 0 unspecified atom stereocenters. The second-order valence-electron chi connectivity index (χ2n) is 11.2. The summed E-state index contributed by atoms with van der Waals surface area (Å²) in [7, 11) is 7.06. The molecule has 1 aliphatic heterocycles. The highest BCUT2D eigenvalue weighted by Crippen LogP contribution is 2.37. The van der Waals surface area contributed by atoms with Gasteiger partial charge in [0.2, 0.25) is 0 Å². The highest BCUT2D eigenvalue weighted by atomic mass is 35.5. The van der Waals surface area contributed by atoms with Crippen LogP contribution in [0.3, 0.4) is 0 Å². The first-order valence-corrected chi connectivity index (χ1v) is 15.4. The summed E-state index contributed by atoms with van der Waals surface area (Å²) >= 11 is 6.89. The zero-order valence-corrected chi connectivity index (χ0v) is 27.7. The van der Waals surface area contributed by atoms with E-state index >= 15 is 0 Å². The van der Waals surface area contributed by atoms with Gasteiger partial charge >= 0.3 is 0 Å². The van der Waals surface area contributed by atoms with E-state index in [0.717, 1.165) is 41.0 Å². The van der Waals surface area contributed by atoms with Gasteiger partial charge in [-0.2, -0.15) is 0 Å². The van der Waals surface area contributed by atoms with Gasteiger partial charge in [-0.15, -0.1) is 0 Å². The number of imidazole rings is 1. The molecule has 0 radical (unpaired) electrons. The Hall–Kier alpha value is -5.00. The van der Waals surface area contributed by atoms with E-state index < -0.39 is 5.91 Å². The number of rotatable bonds is 11. The van der Waals surface area contributed by atoms with E-state index in [9.17, 15) is 14.4 Å². The number of aromatic nitrogens is 3. The molecule has 4 aromatic rings. The topological polar surface area (TPSA) is 143 Å². The molecule has 2 aromatic carbocycles. The Morgan fingerprint density at radius 2 is 1.79 bits per heavy atom. The van der Waals surface area contributed by atoms with Crippen LogP contribution in [0.4, 0.5) is 11.4 Å². The zero-order valence-electron chi connectivity index (χ0n) is 27.0. The number of nitrogens with one attached hydrogen (secondary N) is 4. The molecular weight excluding hydrogens is 620 g/mol. The lowest BCUT2D eigenvalue weighted by Crippen LogP contribution is -2.27. The molecule has 13 heteroatoms. The second-order valence-corrected chi connectivity index (χ2v) is 11.6. The third kappa shape index (κ3) is 7.21. The predicted molar refractivity (Wildman–Crippen MR) is 182 cm³/mol. The first kappa shape index (κ1) is 33.4. The zero-order chi connectivity index (χ0) is 33.7. The first-order chi connectivity index (χ1) is 22.6. The van der Waals surface area contributed by atoms with Gasteiger partial charge in [-0.25, -0.2) is 9.78 Å². The molecule has 0 spiro atoms. The summed E-state index contributed by atoms with van der Waals surface area (Å²) in [5, 5.41) is 12.1. The third-order valence-corrected chi connectivity index (χ3v) is 8.61. The summed E-state index contributed by atoms with van der Waals surface area (Å²) in [5.41, 5.74) is 6.56. The van der Waals surface area contributed by atoms with E-state index in [0.29, 0.717) is 58.9 Å². The van der Waals surface area contributed by atoms with Gasteiger partial charge in [-0.3, -0.25) is 14.6 Å². The van der Waals surface area contributed by atoms with Crippen LogP contribution in [0.5, 0.6) is 5.75 Å². The lowest BCUT2D eigenvalue weighted by Gasteiger charge is -2.21. The van der Waals surface area contributed by atoms with Crippen LogP contribution in [0.25, 0.3) is 11.1 Å². The molecule has 0 saturated carbocycles. The molecule has 0 aliphatic carbocycles. The number of fused-ring (bicyclic) bond motifs is 1. The van der Waals surface area contributed by atoms with Gasteiger partial charge in [0.15, 0.2) is 5.82 Å². The molecule has 12 nitrogen and oxygen atoms in total. The van der Waals surface area contributed by atoms with Gasteiger partial charge in [-0.05, 0) is 37.2 Å². The molecule has 5 rings (SSSR count). The average Bonchev–Trinajstić information content (AvgIpc) is 3.40. The fourth-order valence-electron chi connectivity index (χ4n) is 5.54. The van der Waals surface area contributed by atoms with Crippen molar-refractivity contribution in [3.8, 4) is 16.9 Å². The number of carbonyl (C=O) groups excluding carboxylic acids is 3. The van der Waals surface area contributed by atoms with Crippen molar-refractivity contribution in [1.29, 1.82) is 0 Å². The number of ether oxygens (including phenoxy) is 1. The molecule has 2 amide bonds. The summed E-state index contributed by atoms with van der Waals surface area (Å²) in [4.78, 5) is 48.6. The Labute approximate surface area is 278 Å². The molecule has 3 heterocycles. The smallest absolute Gasteiger partial charge is 0.291 e. The van der Waals surface area contributed by atoms with Crippen molar-refractivity contribution in [2.75, 3.05) is 44.9 Å². The molecule has 0 atom stereocenters. The summed E-state index contributed by atoms with van der Waals surface area (Å²) in [5.74, 6) is 1.88. The van der Waals surface area contributed by atoms with Crippen LogP contribution in [0, 0.1) is 6.92 Å². The molecule has 4 N–H and O–H groups in total. The standard InChI is InChI=1S/C34H37ClN8O4/c1-20-23(24-9-7-11-26(31(24)35)41-34(46)32-39-28-18-42(3)13-12-29(28)43(32)4)8-6-10-25(20)40-33(45)27-14-30(47-5)21(16-38-27)15-37-17-22(19-44)36-2/h6-11,14,16,36-37H,12-13,15,17-18H2,1-5H3,(H,40,45)(H,41,46). The van der Waals surface area contributed by atoms with Gasteiger partial charge in [0.25, 0.3) is 11.8 Å². The monoisotopic (exact) mass is 656 g/mol. The van der Waals surface area contributed by atoms with Crippen molar-refractivity contribution in [1.82, 2.24) is 30.1 Å². The van der Waals surface area contributed by atoms with E-state index in [4.69, 9.17) is 16.3 Å². The van der Waals surface area contributed by atoms with Crippen LogP contribution in [-0.2, 0) is 31.4 Å². The van der Waals surface area contributed by atoms with E-state index in [2.05, 4.69) is 36.1 Å². The summed E-state index contributed by atoms with van der Waals surface area (Å²) in [6.07, 6.45) is 2.39. The number of halogens is 1. The van der Waals surface area contributed by atoms with Crippen molar-refractivity contribution >= 4 is 40.7 Å². The van der Waals surface area contributed by atoms with E-state index in [-0.39, 0.29) is 11.6 Å². The van der Waals surface area contributed by atoms with Crippen LogP contribution < -0.4 is 26.0 Å². The number of benzene rings is 2. The number of pyridine rings is 1. The second kappa shape index (κ2) is 14.6. The normalized spacial score (nSPS) is 12.6. The Morgan fingerprint density at radius 1 is 1.06 bits per heavy atom. The minimum absolute atomic E-state index is 0.171. The number of anilines is 2. The number of hydrogen-bond acceptors (Lipinski definition) is 9. The maximum Gasteiger partial charge on any atom is 0.291 e. The fourth-order valence-corrected chi connectivity index (χ4v) is 5.81. The molecule has 244 valence electrons. The predicted octanol–water partition coefficient (Wildman–Crippen LogP) is 3.97. The Balaban J connectivity index is 1.33. The van der Waals surface area contributed by atoms with Crippen molar-refractivity contribution < 1.29 is 19.1 Å². The van der Waals surface area contributed by atoms with Crippen LogP contribution in [0.1, 0.15) is 43.6 Å². The van der Waals surface area contributed by atoms with Crippen molar-refractivity contribution in [2.45, 2.75) is 26.4 Å². The van der Waals surface area contributed by atoms with Gasteiger partial charge in [0.1, 0.15) is 23.1 Å². The molecule has 1 aliphatic rings. The highest BCUT2D eigenvalue weighted by Gasteiger charge is 2.25. The number of methoxy groups -OCH3 is 1. The number of likely N-dealkylation sites (N-methyl/N-ethyl adjacent to an activating group) is 2. The molecule has 47 heavy (non-hydrogen) atoms. The van der Waals surface area contributed by atoms with Crippen LogP contribution in [0.15, 0.2) is 54.4 Å². The number of nitrogens with zero attached hydrogens (tertiary/aromatic N) is 4. The third-order valence-electron chi connectivity index (χ3n) is 8.21. The van der Waals surface area contributed by atoms with Gasteiger partial charge in [0.05, 0.1) is 23.5 Å².